The number of likely N-dealkylation sites (tertiary alicyclic amines) is 1. The molecule has 1 amide bonds. The highest BCUT2D eigenvalue weighted by molar-refractivity contribution is 6.07. The van der Waals surface area contributed by atoms with E-state index in [1.54, 1.807) is 12.1 Å². The number of rotatable bonds is 3. The lowest BCUT2D eigenvalue weighted by Gasteiger charge is -2.40. The number of amides is 1. The first kappa shape index (κ1) is 21.4. The van der Waals surface area contributed by atoms with Gasteiger partial charge in [-0.1, -0.05) is 35.9 Å². The maximum absolute atomic E-state index is 14.3. The number of aryl methyl sites for hydroxylation is 1. The summed E-state index contributed by atoms with van der Waals surface area (Å²) in [5, 5.41) is 9.40. The maximum atomic E-state index is 14.3. The van der Waals surface area contributed by atoms with Crippen molar-refractivity contribution in [3.8, 4) is 6.07 Å². The molecule has 0 aliphatic carbocycles. The Balaban J connectivity index is 1.39. The van der Waals surface area contributed by atoms with E-state index in [9.17, 15) is 14.4 Å². The Bertz CT molecular complexity index is 1240. The van der Waals surface area contributed by atoms with Crippen molar-refractivity contribution in [3.05, 3.63) is 100 Å². The number of carbonyl (C=O) groups is 1. The number of nitrogens with zero attached hydrogens (tertiary/aromatic N) is 3. The molecule has 1 saturated heterocycles. The fraction of sp³-hybridized carbons (Fsp3) is 0.286. The molecule has 166 valence electrons. The molecule has 0 bridgehead atoms. The molecule has 1 spiro atoms. The average molecular weight is 440 g/mol. The van der Waals surface area contributed by atoms with Gasteiger partial charge in [0.1, 0.15) is 5.82 Å². The van der Waals surface area contributed by atoms with Crippen LogP contribution in [0.1, 0.15) is 45.5 Å². The zero-order valence-corrected chi connectivity index (χ0v) is 18.7. The van der Waals surface area contributed by atoms with Gasteiger partial charge >= 0.3 is 0 Å². The lowest BCUT2D eigenvalue weighted by Crippen LogP contribution is -2.45. The van der Waals surface area contributed by atoms with Crippen LogP contribution in [0, 0.1) is 24.1 Å². The van der Waals surface area contributed by atoms with E-state index in [-0.39, 0.29) is 17.1 Å². The molecule has 0 N–H and O–H groups in total. The molecule has 3 aromatic carbocycles. The van der Waals surface area contributed by atoms with E-state index in [2.05, 4.69) is 11.0 Å². The predicted molar refractivity (Wildman–Crippen MR) is 127 cm³/mol. The van der Waals surface area contributed by atoms with Gasteiger partial charge in [-0.15, -0.1) is 0 Å². The van der Waals surface area contributed by atoms with Gasteiger partial charge in [0.05, 0.1) is 11.6 Å². The van der Waals surface area contributed by atoms with Crippen LogP contribution >= 0.6 is 0 Å². The van der Waals surface area contributed by atoms with Gasteiger partial charge in [-0.05, 0) is 80.4 Å². The fourth-order valence-corrected chi connectivity index (χ4v) is 5.25. The maximum Gasteiger partial charge on any atom is 0.258 e. The first-order valence-electron chi connectivity index (χ1n) is 11.4. The first-order valence-corrected chi connectivity index (χ1v) is 11.4. The van der Waals surface area contributed by atoms with Crippen molar-refractivity contribution in [2.75, 3.05) is 24.5 Å². The van der Waals surface area contributed by atoms with E-state index in [0.29, 0.717) is 17.7 Å². The normalized spacial score (nSPS) is 17.1. The van der Waals surface area contributed by atoms with Crippen LogP contribution in [0.4, 0.5) is 10.1 Å². The van der Waals surface area contributed by atoms with Crippen LogP contribution < -0.4 is 4.90 Å². The summed E-state index contributed by atoms with van der Waals surface area (Å²) in [6.07, 6.45) is 1.69. The van der Waals surface area contributed by atoms with Crippen molar-refractivity contribution in [2.24, 2.45) is 0 Å². The third-order valence-corrected chi connectivity index (χ3v) is 7.17. The summed E-state index contributed by atoms with van der Waals surface area (Å²) in [6.45, 7) is 4.97. The number of hydrogen-bond acceptors (Lipinski definition) is 3. The summed E-state index contributed by atoms with van der Waals surface area (Å²) in [5.41, 5.74) is 5.02. The summed E-state index contributed by atoms with van der Waals surface area (Å²) in [5.74, 6) is -0.298. The molecule has 0 aromatic heterocycles. The second kappa shape index (κ2) is 8.46. The molecule has 1 fully saturated rings. The Hall–Kier alpha value is -3.49. The lowest BCUT2D eigenvalue weighted by molar-refractivity contribution is 0.0975. The highest BCUT2D eigenvalue weighted by Crippen LogP contribution is 2.48. The number of halogens is 1. The van der Waals surface area contributed by atoms with Crippen molar-refractivity contribution < 1.29 is 9.18 Å². The molecule has 2 heterocycles. The minimum Gasteiger partial charge on any atom is -0.307 e. The second-order valence-corrected chi connectivity index (χ2v) is 9.24. The highest BCUT2D eigenvalue weighted by atomic mass is 19.1. The molecule has 3 aromatic rings. The zero-order chi connectivity index (χ0) is 23.0. The Kier molecular flexibility index (Phi) is 5.47. The van der Waals surface area contributed by atoms with Crippen LogP contribution in [0.5, 0.6) is 0 Å². The van der Waals surface area contributed by atoms with Gasteiger partial charge < -0.3 is 4.90 Å². The summed E-state index contributed by atoms with van der Waals surface area (Å²) < 4.78 is 14.3. The largest absolute Gasteiger partial charge is 0.307 e. The van der Waals surface area contributed by atoms with Crippen LogP contribution in [0.2, 0.25) is 0 Å². The number of piperidine rings is 1. The lowest BCUT2D eigenvalue weighted by atomic mass is 9.74. The molecule has 33 heavy (non-hydrogen) atoms. The molecular formula is C28H26FN3O. The quantitative estimate of drug-likeness (QED) is 0.564. The SMILES string of the molecule is Cc1ccc(C(=O)N2CC3(CCN(Cc4ccccc4C#N)CC3)c3cc(F)ccc32)cc1. The van der Waals surface area contributed by atoms with Crippen molar-refractivity contribution >= 4 is 11.6 Å². The molecule has 5 heteroatoms. The van der Waals surface area contributed by atoms with Crippen molar-refractivity contribution in [3.63, 3.8) is 0 Å². The Morgan fingerprint density at radius 2 is 1.79 bits per heavy atom. The predicted octanol–water partition coefficient (Wildman–Crippen LogP) is 5.20. The van der Waals surface area contributed by atoms with Gasteiger partial charge in [0, 0.05) is 29.8 Å². The van der Waals surface area contributed by atoms with E-state index in [0.717, 1.165) is 54.9 Å². The first-order chi connectivity index (χ1) is 16.0. The third kappa shape index (κ3) is 3.92. The van der Waals surface area contributed by atoms with Crippen molar-refractivity contribution in [1.29, 1.82) is 5.26 Å². The summed E-state index contributed by atoms with van der Waals surface area (Å²) in [4.78, 5) is 17.6. The van der Waals surface area contributed by atoms with Crippen molar-refractivity contribution in [2.45, 2.75) is 31.7 Å². The molecular weight excluding hydrogens is 413 g/mol. The summed E-state index contributed by atoms with van der Waals surface area (Å²) in [6, 6.07) is 22.4. The monoisotopic (exact) mass is 439 g/mol. The van der Waals surface area contributed by atoms with Gasteiger partial charge in [-0.3, -0.25) is 9.69 Å². The molecule has 0 unspecified atom stereocenters. The fourth-order valence-electron chi connectivity index (χ4n) is 5.25. The molecule has 5 rings (SSSR count). The number of anilines is 1. The molecule has 0 radical (unpaired) electrons. The summed E-state index contributed by atoms with van der Waals surface area (Å²) in [7, 11) is 0. The molecule has 2 aliphatic rings. The van der Waals surface area contributed by atoms with E-state index in [4.69, 9.17) is 0 Å². The van der Waals surface area contributed by atoms with Gasteiger partial charge in [-0.2, -0.15) is 5.26 Å². The smallest absolute Gasteiger partial charge is 0.258 e. The van der Waals surface area contributed by atoms with Gasteiger partial charge in [0.15, 0.2) is 0 Å². The number of fused-ring (bicyclic) bond motifs is 2. The number of hydrogen-bond donors (Lipinski definition) is 0. The Morgan fingerprint density at radius 1 is 1.06 bits per heavy atom. The van der Waals surface area contributed by atoms with E-state index in [1.807, 2.05) is 60.4 Å². The molecule has 4 nitrogen and oxygen atoms in total. The Morgan fingerprint density at radius 3 is 2.52 bits per heavy atom. The minimum absolute atomic E-state index is 0.0369. The van der Waals surface area contributed by atoms with E-state index >= 15 is 0 Å². The second-order valence-electron chi connectivity index (χ2n) is 9.24. The topological polar surface area (TPSA) is 47.3 Å². The van der Waals surface area contributed by atoms with Gasteiger partial charge in [-0.25, -0.2) is 4.39 Å². The van der Waals surface area contributed by atoms with Crippen LogP contribution in [-0.2, 0) is 12.0 Å². The third-order valence-electron chi connectivity index (χ3n) is 7.17. The zero-order valence-electron chi connectivity index (χ0n) is 18.7. The number of carbonyl (C=O) groups excluding carboxylic acids is 1. The molecule has 0 atom stereocenters. The van der Waals surface area contributed by atoms with Crippen LogP contribution in [0.25, 0.3) is 0 Å². The van der Waals surface area contributed by atoms with Gasteiger partial charge in [0.25, 0.3) is 5.91 Å². The average Bonchev–Trinajstić information content (AvgIpc) is 3.14. The molecule has 2 aliphatic heterocycles. The van der Waals surface area contributed by atoms with Crippen molar-refractivity contribution in [1.82, 2.24) is 4.90 Å². The molecule has 0 saturated carbocycles. The number of nitriles is 1. The minimum atomic E-state index is -0.261. The standard InChI is InChI=1S/C28H26FN3O/c1-20-6-8-21(9-7-20)27(33)32-19-28(25-16-24(29)10-11-26(25)32)12-14-31(15-13-28)18-23-5-3-2-4-22(23)17-30/h2-11,16H,12-15,18-19H2,1H3. The van der Waals surface area contributed by atoms with E-state index < -0.39 is 0 Å². The number of benzene rings is 3. The van der Waals surface area contributed by atoms with Gasteiger partial charge in [0.2, 0.25) is 0 Å². The summed E-state index contributed by atoms with van der Waals surface area (Å²) >= 11 is 0. The van der Waals surface area contributed by atoms with E-state index in [1.165, 1.54) is 6.07 Å². The van der Waals surface area contributed by atoms with Crippen LogP contribution in [0.15, 0.2) is 66.7 Å². The van der Waals surface area contributed by atoms with Crippen LogP contribution in [0.3, 0.4) is 0 Å². The highest BCUT2D eigenvalue weighted by Gasteiger charge is 2.46. The van der Waals surface area contributed by atoms with Crippen LogP contribution in [-0.4, -0.2) is 30.4 Å². The Labute approximate surface area is 193 Å².